The van der Waals surface area contributed by atoms with E-state index in [9.17, 15) is 22.0 Å². The molecule has 7 heteroatoms. The first-order chi connectivity index (χ1) is 8.56. The monoisotopic (exact) mass is 276 g/mol. The van der Waals surface area contributed by atoms with Crippen LogP contribution in [0.2, 0.25) is 0 Å². The molecule has 108 valence electrons. The van der Waals surface area contributed by atoms with Crippen LogP contribution in [-0.4, -0.2) is 57.3 Å². The summed E-state index contributed by atoms with van der Waals surface area (Å²) >= 11 is 0. The van der Waals surface area contributed by atoms with Gasteiger partial charge >= 0.3 is 0 Å². The highest BCUT2D eigenvalue weighted by molar-refractivity contribution is 4.82. The van der Waals surface area contributed by atoms with E-state index < -0.39 is 31.4 Å². The summed E-state index contributed by atoms with van der Waals surface area (Å²) in [5.74, 6) is 0. The van der Waals surface area contributed by atoms with Crippen LogP contribution in [0.15, 0.2) is 0 Å². The molecule has 1 fully saturated rings. The van der Waals surface area contributed by atoms with E-state index in [1.54, 1.807) is 0 Å². The van der Waals surface area contributed by atoms with E-state index in [4.69, 9.17) is 9.47 Å². The molecule has 0 amide bonds. The van der Waals surface area contributed by atoms with E-state index in [-0.39, 0.29) is 25.6 Å². The maximum atomic E-state index is 13.2. The first kappa shape index (κ1) is 15.6. The number of hydrogen-bond acceptors (Lipinski definition) is 2. The highest BCUT2D eigenvalue weighted by atomic mass is 19.2. The summed E-state index contributed by atoms with van der Waals surface area (Å²) in [6.07, 6.45) is -10.2. The first-order valence-corrected chi connectivity index (χ1v) is 5.87. The Hall–Kier alpha value is -0.430. The Morgan fingerprint density at radius 1 is 1.11 bits per heavy atom. The smallest absolute Gasteiger partial charge is 0.168 e. The number of hydrogen-bond donors (Lipinski definition) is 0. The van der Waals surface area contributed by atoms with Gasteiger partial charge in [0.2, 0.25) is 0 Å². The minimum atomic E-state index is -2.76. The van der Waals surface area contributed by atoms with Crippen molar-refractivity contribution in [2.75, 3.05) is 26.5 Å². The highest BCUT2D eigenvalue weighted by Gasteiger charge is 2.35. The summed E-state index contributed by atoms with van der Waals surface area (Å²) in [4.78, 5) is 0. The van der Waals surface area contributed by atoms with Crippen molar-refractivity contribution in [2.45, 2.75) is 43.6 Å². The van der Waals surface area contributed by atoms with E-state index in [1.807, 2.05) is 0 Å². The van der Waals surface area contributed by atoms with Crippen LogP contribution >= 0.6 is 0 Å². The van der Waals surface area contributed by atoms with Crippen LogP contribution in [0.4, 0.5) is 22.0 Å². The average Bonchev–Trinajstić information content (AvgIpc) is 3.19. The predicted molar refractivity (Wildman–Crippen MR) is 55.4 cm³/mol. The zero-order chi connectivity index (χ0) is 13.5. The van der Waals surface area contributed by atoms with Gasteiger partial charge in [0.15, 0.2) is 18.5 Å². The molecule has 5 unspecified atom stereocenters. The van der Waals surface area contributed by atoms with Gasteiger partial charge < -0.3 is 9.47 Å². The van der Waals surface area contributed by atoms with Crippen molar-refractivity contribution < 1.29 is 31.4 Å². The summed E-state index contributed by atoms with van der Waals surface area (Å²) in [5.41, 5.74) is 0. The van der Waals surface area contributed by atoms with Crippen molar-refractivity contribution in [1.82, 2.24) is 0 Å². The predicted octanol–water partition coefficient (Wildman–Crippen LogP) is 2.50. The Labute approximate surface area is 102 Å². The largest absolute Gasteiger partial charge is 0.379 e. The molecule has 0 aliphatic carbocycles. The quantitative estimate of drug-likeness (QED) is 0.347. The molecule has 1 heterocycles. The molecule has 0 radical (unpaired) electrons. The number of ether oxygens (including phenoxy) is 2. The van der Waals surface area contributed by atoms with Gasteiger partial charge in [-0.2, -0.15) is 0 Å². The lowest BCUT2D eigenvalue weighted by Gasteiger charge is -2.18. The van der Waals surface area contributed by atoms with E-state index in [0.717, 1.165) is 0 Å². The Kier molecular flexibility index (Phi) is 6.85. The molecule has 5 atom stereocenters. The molecular formula is C11H17F5O2. The van der Waals surface area contributed by atoms with Crippen molar-refractivity contribution in [3.8, 4) is 0 Å². The average molecular weight is 276 g/mol. The lowest BCUT2D eigenvalue weighted by Crippen LogP contribution is -2.36. The van der Waals surface area contributed by atoms with Gasteiger partial charge in [0.1, 0.15) is 19.0 Å². The second-order valence-electron chi connectivity index (χ2n) is 4.25. The van der Waals surface area contributed by atoms with Gasteiger partial charge in [-0.25, -0.2) is 22.0 Å². The third-order valence-corrected chi connectivity index (χ3v) is 2.62. The number of alkyl halides is 5. The Balaban J connectivity index is 2.07. The molecule has 1 aliphatic rings. The van der Waals surface area contributed by atoms with E-state index in [2.05, 4.69) is 0 Å². The van der Waals surface area contributed by atoms with Crippen molar-refractivity contribution in [1.29, 1.82) is 0 Å². The molecule has 0 bridgehead atoms. The molecule has 0 aromatic carbocycles. The second kappa shape index (κ2) is 7.89. The van der Waals surface area contributed by atoms with E-state index in [0.29, 0.717) is 13.2 Å². The lowest BCUT2D eigenvalue weighted by molar-refractivity contribution is 0.0176. The third-order valence-electron chi connectivity index (χ3n) is 2.62. The van der Waals surface area contributed by atoms with Crippen molar-refractivity contribution in [3.63, 3.8) is 0 Å². The van der Waals surface area contributed by atoms with Crippen LogP contribution < -0.4 is 0 Å². The Morgan fingerprint density at radius 2 is 1.72 bits per heavy atom. The molecule has 1 aliphatic heterocycles. The molecule has 0 aromatic rings. The Bertz CT molecular complexity index is 227. The molecule has 0 N–H and O–H groups in total. The summed E-state index contributed by atoms with van der Waals surface area (Å²) in [7, 11) is 0. The normalized spacial score (nSPS) is 25.5. The fraction of sp³-hybridized carbons (Fsp3) is 1.00. The zero-order valence-electron chi connectivity index (χ0n) is 9.84. The minimum absolute atomic E-state index is 0.0900. The number of epoxide rings is 1. The van der Waals surface area contributed by atoms with Gasteiger partial charge in [-0.15, -0.1) is 0 Å². The van der Waals surface area contributed by atoms with Gasteiger partial charge in [-0.05, 0) is 12.8 Å². The van der Waals surface area contributed by atoms with Crippen LogP contribution in [0.25, 0.3) is 0 Å². The topological polar surface area (TPSA) is 21.8 Å². The standard InChI is InChI=1S/C11H17F5O2/c12-4-9(14)11(16)10(15)8(13)2-1-3-17-5-7-6-18-7/h7-11H,1-6H2. The van der Waals surface area contributed by atoms with Crippen molar-refractivity contribution >= 4 is 0 Å². The second-order valence-corrected chi connectivity index (χ2v) is 4.25. The maximum Gasteiger partial charge on any atom is 0.168 e. The lowest BCUT2D eigenvalue weighted by atomic mass is 10.0. The molecule has 0 aromatic heterocycles. The number of rotatable bonds is 10. The summed E-state index contributed by atoms with van der Waals surface area (Å²) in [6, 6.07) is 0. The summed E-state index contributed by atoms with van der Waals surface area (Å²) in [5, 5.41) is 0. The SMILES string of the molecule is FCC(F)C(F)C(F)C(F)CCCOCC1CO1. The molecule has 0 saturated carbocycles. The fourth-order valence-corrected chi connectivity index (χ4v) is 1.40. The first-order valence-electron chi connectivity index (χ1n) is 5.87. The highest BCUT2D eigenvalue weighted by Crippen LogP contribution is 2.21. The van der Waals surface area contributed by atoms with Crippen LogP contribution in [0.1, 0.15) is 12.8 Å². The molecular weight excluding hydrogens is 259 g/mol. The van der Waals surface area contributed by atoms with Gasteiger partial charge in [-0.1, -0.05) is 0 Å². The molecule has 1 rings (SSSR count). The minimum Gasteiger partial charge on any atom is -0.379 e. The molecule has 18 heavy (non-hydrogen) atoms. The van der Waals surface area contributed by atoms with Gasteiger partial charge in [-0.3, -0.25) is 0 Å². The van der Waals surface area contributed by atoms with Gasteiger partial charge in [0.05, 0.1) is 13.2 Å². The molecule has 2 nitrogen and oxygen atoms in total. The van der Waals surface area contributed by atoms with E-state index in [1.165, 1.54) is 0 Å². The van der Waals surface area contributed by atoms with Crippen molar-refractivity contribution in [2.24, 2.45) is 0 Å². The van der Waals surface area contributed by atoms with Crippen molar-refractivity contribution in [3.05, 3.63) is 0 Å². The van der Waals surface area contributed by atoms with Crippen LogP contribution in [0.3, 0.4) is 0 Å². The molecule has 0 spiro atoms. The molecule has 1 saturated heterocycles. The van der Waals surface area contributed by atoms with Crippen LogP contribution in [-0.2, 0) is 9.47 Å². The summed E-state index contributed by atoms with van der Waals surface area (Å²) < 4.78 is 73.2. The fourth-order valence-electron chi connectivity index (χ4n) is 1.40. The Morgan fingerprint density at radius 3 is 2.28 bits per heavy atom. The zero-order valence-corrected chi connectivity index (χ0v) is 9.84. The van der Waals surface area contributed by atoms with E-state index >= 15 is 0 Å². The van der Waals surface area contributed by atoms with Crippen LogP contribution in [0.5, 0.6) is 0 Å². The maximum absolute atomic E-state index is 13.2. The number of halogens is 5. The van der Waals surface area contributed by atoms with Crippen LogP contribution in [0, 0.1) is 0 Å². The van der Waals surface area contributed by atoms with Gasteiger partial charge in [0.25, 0.3) is 0 Å². The van der Waals surface area contributed by atoms with Gasteiger partial charge in [0, 0.05) is 6.61 Å². The third kappa shape index (κ3) is 5.48. The summed E-state index contributed by atoms with van der Waals surface area (Å²) in [6.45, 7) is -0.413.